The minimum absolute atomic E-state index is 0.712. The van der Waals surface area contributed by atoms with Gasteiger partial charge in [0.1, 0.15) is 17.2 Å². The van der Waals surface area contributed by atoms with Gasteiger partial charge in [-0.2, -0.15) is 0 Å². The molecule has 0 unspecified atom stereocenters. The molecule has 18 heavy (non-hydrogen) atoms. The average Bonchev–Trinajstić information content (AvgIpc) is 2.32. The molecule has 0 atom stereocenters. The van der Waals surface area contributed by atoms with E-state index in [9.17, 15) is 0 Å². The summed E-state index contributed by atoms with van der Waals surface area (Å²) in [6.07, 6.45) is 0. The Kier molecular flexibility index (Phi) is 4.70. The van der Waals surface area contributed by atoms with Gasteiger partial charge in [-0.25, -0.2) is 0 Å². The first kappa shape index (κ1) is 13.9. The quantitative estimate of drug-likeness (QED) is 0.607. The van der Waals surface area contributed by atoms with E-state index in [-0.39, 0.29) is 0 Å². The molecule has 2 aromatic rings. The maximum absolute atomic E-state index is 5.81. The van der Waals surface area contributed by atoms with Crippen molar-refractivity contribution in [2.45, 2.75) is 0 Å². The molecular formula is C13H9Br3O2. The molecule has 0 heterocycles. The van der Waals surface area contributed by atoms with Crippen LogP contribution in [0.3, 0.4) is 0 Å². The van der Waals surface area contributed by atoms with E-state index in [1.54, 1.807) is 7.11 Å². The first-order valence-corrected chi connectivity index (χ1v) is 7.44. The number of methoxy groups -OCH3 is 1. The Morgan fingerprint density at radius 1 is 0.833 bits per heavy atom. The summed E-state index contributed by atoms with van der Waals surface area (Å²) in [5.41, 5.74) is 0. The van der Waals surface area contributed by atoms with Crippen LogP contribution < -0.4 is 9.47 Å². The molecule has 2 nitrogen and oxygen atoms in total. The Balaban J connectivity index is 2.30. The van der Waals surface area contributed by atoms with Gasteiger partial charge in [-0.3, -0.25) is 0 Å². The highest BCUT2D eigenvalue weighted by molar-refractivity contribution is 9.11. The van der Waals surface area contributed by atoms with Crippen molar-refractivity contribution in [3.8, 4) is 17.2 Å². The van der Waals surface area contributed by atoms with Crippen molar-refractivity contribution in [2.75, 3.05) is 7.11 Å². The lowest BCUT2D eigenvalue weighted by Crippen LogP contribution is -1.88. The van der Waals surface area contributed by atoms with Crippen LogP contribution in [0.2, 0.25) is 0 Å². The van der Waals surface area contributed by atoms with E-state index in [1.807, 2.05) is 36.4 Å². The largest absolute Gasteiger partial charge is 0.497 e. The molecule has 0 radical (unpaired) electrons. The van der Waals surface area contributed by atoms with Gasteiger partial charge in [-0.15, -0.1) is 0 Å². The smallest absolute Gasteiger partial charge is 0.141 e. The van der Waals surface area contributed by atoms with E-state index < -0.39 is 0 Å². The molecule has 0 aliphatic carbocycles. The molecule has 5 heteroatoms. The van der Waals surface area contributed by atoms with Crippen LogP contribution in [0.5, 0.6) is 17.2 Å². The number of hydrogen-bond donors (Lipinski definition) is 0. The van der Waals surface area contributed by atoms with Crippen molar-refractivity contribution < 1.29 is 9.47 Å². The molecule has 2 rings (SSSR count). The van der Waals surface area contributed by atoms with Gasteiger partial charge in [0.15, 0.2) is 0 Å². The lowest BCUT2D eigenvalue weighted by atomic mass is 10.3. The maximum Gasteiger partial charge on any atom is 0.141 e. The fourth-order valence-electron chi connectivity index (χ4n) is 1.40. The normalized spacial score (nSPS) is 10.2. The van der Waals surface area contributed by atoms with E-state index in [0.29, 0.717) is 5.75 Å². The molecule has 2 aromatic carbocycles. The molecule has 0 saturated carbocycles. The topological polar surface area (TPSA) is 18.5 Å². The zero-order chi connectivity index (χ0) is 13.1. The van der Waals surface area contributed by atoms with Crippen LogP contribution in [-0.2, 0) is 0 Å². The Labute approximate surface area is 131 Å². The predicted octanol–water partition coefficient (Wildman–Crippen LogP) is 5.78. The van der Waals surface area contributed by atoms with Gasteiger partial charge in [0, 0.05) is 15.0 Å². The summed E-state index contributed by atoms with van der Waals surface area (Å²) in [5.74, 6) is 2.20. The van der Waals surface area contributed by atoms with Crippen LogP contribution in [0.4, 0.5) is 0 Å². The highest BCUT2D eigenvalue weighted by Gasteiger charge is 2.06. The summed E-state index contributed by atoms with van der Waals surface area (Å²) in [5, 5.41) is 0. The first-order valence-electron chi connectivity index (χ1n) is 5.06. The molecule has 0 spiro atoms. The fourth-order valence-corrected chi connectivity index (χ4v) is 2.98. The van der Waals surface area contributed by atoms with Crippen molar-refractivity contribution >= 4 is 47.8 Å². The van der Waals surface area contributed by atoms with Crippen molar-refractivity contribution in [2.24, 2.45) is 0 Å². The highest BCUT2D eigenvalue weighted by Crippen LogP contribution is 2.34. The van der Waals surface area contributed by atoms with Crippen LogP contribution in [-0.4, -0.2) is 7.11 Å². The van der Waals surface area contributed by atoms with Crippen LogP contribution in [0, 0.1) is 0 Å². The summed E-state index contributed by atoms with van der Waals surface area (Å²) in [6, 6.07) is 11.3. The molecule has 0 N–H and O–H groups in total. The molecule has 0 fully saturated rings. The summed E-state index contributed by atoms with van der Waals surface area (Å²) in [7, 11) is 1.63. The van der Waals surface area contributed by atoms with Gasteiger partial charge in [0.05, 0.1) is 11.6 Å². The lowest BCUT2D eigenvalue weighted by molar-refractivity contribution is 0.408. The molecule has 0 amide bonds. The summed E-state index contributed by atoms with van der Waals surface area (Å²) >= 11 is 10.3. The van der Waals surface area contributed by atoms with E-state index in [2.05, 4.69) is 47.8 Å². The monoisotopic (exact) mass is 434 g/mol. The number of hydrogen-bond acceptors (Lipinski definition) is 2. The summed E-state index contributed by atoms with van der Waals surface area (Å²) in [6.45, 7) is 0. The number of benzene rings is 2. The van der Waals surface area contributed by atoms with Crippen LogP contribution >= 0.6 is 47.8 Å². The zero-order valence-electron chi connectivity index (χ0n) is 9.41. The number of ether oxygens (including phenoxy) is 2. The molecule has 0 saturated heterocycles. The molecule has 0 aliphatic heterocycles. The third kappa shape index (κ3) is 3.49. The third-order valence-corrected chi connectivity index (χ3v) is 3.77. The van der Waals surface area contributed by atoms with Crippen LogP contribution in [0.25, 0.3) is 0 Å². The Morgan fingerprint density at radius 3 is 2.22 bits per heavy atom. The standard InChI is InChI=1S/C13H9Br3O2/c1-17-10-4-9(15)5-11(7-10)18-13-3-2-8(14)6-12(13)16/h2-7H,1H3. The number of rotatable bonds is 3. The average molecular weight is 437 g/mol. The van der Waals surface area contributed by atoms with Gasteiger partial charge in [0.2, 0.25) is 0 Å². The molecule has 0 aliphatic rings. The van der Waals surface area contributed by atoms with Gasteiger partial charge in [-0.05, 0) is 46.3 Å². The molecule has 94 valence electrons. The van der Waals surface area contributed by atoms with Gasteiger partial charge < -0.3 is 9.47 Å². The highest BCUT2D eigenvalue weighted by atomic mass is 79.9. The Hall–Kier alpha value is -0.520. The SMILES string of the molecule is COc1cc(Br)cc(Oc2ccc(Br)cc2Br)c1. The van der Waals surface area contributed by atoms with E-state index >= 15 is 0 Å². The second-order valence-corrected chi connectivity index (χ2v) is 6.19. The van der Waals surface area contributed by atoms with Crippen molar-refractivity contribution in [3.05, 3.63) is 49.8 Å². The van der Waals surface area contributed by atoms with Crippen molar-refractivity contribution in [3.63, 3.8) is 0 Å². The molecular weight excluding hydrogens is 428 g/mol. The van der Waals surface area contributed by atoms with Gasteiger partial charge >= 0.3 is 0 Å². The van der Waals surface area contributed by atoms with Crippen molar-refractivity contribution in [1.29, 1.82) is 0 Å². The molecule has 0 aromatic heterocycles. The lowest BCUT2D eigenvalue weighted by Gasteiger charge is -2.10. The van der Waals surface area contributed by atoms with Gasteiger partial charge in [0.25, 0.3) is 0 Å². The second kappa shape index (κ2) is 6.08. The van der Waals surface area contributed by atoms with E-state index in [4.69, 9.17) is 9.47 Å². The summed E-state index contributed by atoms with van der Waals surface area (Å²) in [4.78, 5) is 0. The fraction of sp³-hybridized carbons (Fsp3) is 0.0769. The zero-order valence-corrected chi connectivity index (χ0v) is 14.2. The Morgan fingerprint density at radius 2 is 1.56 bits per heavy atom. The predicted molar refractivity (Wildman–Crippen MR) is 82.6 cm³/mol. The Bertz CT molecular complexity index is 570. The van der Waals surface area contributed by atoms with E-state index in [0.717, 1.165) is 24.9 Å². The molecule has 0 bridgehead atoms. The third-order valence-electron chi connectivity index (χ3n) is 2.20. The van der Waals surface area contributed by atoms with Crippen molar-refractivity contribution in [1.82, 2.24) is 0 Å². The number of halogens is 3. The summed E-state index contributed by atoms with van der Waals surface area (Å²) < 4.78 is 13.8. The van der Waals surface area contributed by atoms with Crippen LogP contribution in [0.1, 0.15) is 0 Å². The van der Waals surface area contributed by atoms with Gasteiger partial charge in [-0.1, -0.05) is 31.9 Å². The first-order chi connectivity index (χ1) is 8.58. The van der Waals surface area contributed by atoms with Crippen LogP contribution in [0.15, 0.2) is 49.8 Å². The minimum atomic E-state index is 0.712. The minimum Gasteiger partial charge on any atom is -0.497 e. The van der Waals surface area contributed by atoms with E-state index in [1.165, 1.54) is 0 Å². The second-order valence-electron chi connectivity index (χ2n) is 3.50. The maximum atomic E-state index is 5.81.